The number of fused-ring (bicyclic) bond motifs is 1. The van der Waals surface area contributed by atoms with Gasteiger partial charge in [-0.1, -0.05) is 6.07 Å². The zero-order valence-corrected chi connectivity index (χ0v) is 9.79. The minimum Gasteiger partial charge on any atom is -0.497 e. The zero-order chi connectivity index (χ0) is 10.8. The Bertz CT molecular complexity index is 346. The van der Waals surface area contributed by atoms with Gasteiger partial charge in [0.15, 0.2) is 0 Å². The first kappa shape index (κ1) is 10.5. The molecule has 0 saturated carbocycles. The molecule has 0 radical (unpaired) electrons. The van der Waals surface area contributed by atoms with Crippen molar-refractivity contribution in [2.75, 3.05) is 21.2 Å². The molecule has 0 N–H and O–H groups in total. The third-order valence-corrected chi connectivity index (χ3v) is 3.26. The smallest absolute Gasteiger partial charge is 0.119 e. The lowest BCUT2D eigenvalue weighted by molar-refractivity contribution is 0.268. The molecule has 0 fully saturated rings. The molecule has 15 heavy (non-hydrogen) atoms. The van der Waals surface area contributed by atoms with Crippen LogP contribution in [-0.2, 0) is 6.42 Å². The monoisotopic (exact) mass is 205 g/mol. The molecule has 1 aliphatic rings. The largest absolute Gasteiger partial charge is 0.497 e. The molecule has 2 heteroatoms. The molecule has 0 unspecified atom stereocenters. The average molecular weight is 205 g/mol. The van der Waals surface area contributed by atoms with Gasteiger partial charge < -0.3 is 9.64 Å². The number of hydrogen-bond acceptors (Lipinski definition) is 2. The summed E-state index contributed by atoms with van der Waals surface area (Å²) < 4.78 is 5.26. The predicted octanol–water partition coefficient (Wildman–Crippen LogP) is 2.63. The van der Waals surface area contributed by atoms with Gasteiger partial charge >= 0.3 is 0 Å². The third kappa shape index (κ3) is 2.00. The number of rotatable bonds is 2. The quantitative estimate of drug-likeness (QED) is 0.736. The van der Waals surface area contributed by atoms with Crippen molar-refractivity contribution in [2.45, 2.75) is 25.3 Å². The number of aryl methyl sites for hydroxylation is 1. The Morgan fingerprint density at radius 2 is 2.13 bits per heavy atom. The maximum absolute atomic E-state index is 5.26. The van der Waals surface area contributed by atoms with Gasteiger partial charge in [0.05, 0.1) is 7.11 Å². The molecule has 0 heterocycles. The van der Waals surface area contributed by atoms with Crippen LogP contribution in [0, 0.1) is 0 Å². The Labute approximate surface area is 91.9 Å². The molecule has 0 saturated heterocycles. The van der Waals surface area contributed by atoms with E-state index >= 15 is 0 Å². The van der Waals surface area contributed by atoms with E-state index in [0.29, 0.717) is 6.04 Å². The van der Waals surface area contributed by atoms with Crippen LogP contribution in [0.15, 0.2) is 18.2 Å². The summed E-state index contributed by atoms with van der Waals surface area (Å²) in [6, 6.07) is 7.06. The van der Waals surface area contributed by atoms with E-state index < -0.39 is 0 Å². The second kappa shape index (κ2) is 4.23. The van der Waals surface area contributed by atoms with Crippen LogP contribution in [0.1, 0.15) is 30.0 Å². The maximum Gasteiger partial charge on any atom is 0.119 e. The summed E-state index contributed by atoms with van der Waals surface area (Å²) in [7, 11) is 6.04. The normalized spacial score (nSPS) is 20.1. The zero-order valence-electron chi connectivity index (χ0n) is 9.79. The summed E-state index contributed by atoms with van der Waals surface area (Å²) in [6.07, 6.45) is 3.74. The van der Waals surface area contributed by atoms with Crippen LogP contribution in [0.3, 0.4) is 0 Å². The van der Waals surface area contributed by atoms with Crippen molar-refractivity contribution >= 4 is 0 Å². The van der Waals surface area contributed by atoms with Gasteiger partial charge in [0.2, 0.25) is 0 Å². The van der Waals surface area contributed by atoms with Gasteiger partial charge in [-0.3, -0.25) is 0 Å². The summed E-state index contributed by atoms with van der Waals surface area (Å²) in [5, 5.41) is 0. The summed E-state index contributed by atoms with van der Waals surface area (Å²) >= 11 is 0. The van der Waals surface area contributed by atoms with Crippen LogP contribution >= 0.6 is 0 Å². The van der Waals surface area contributed by atoms with Gasteiger partial charge in [-0.15, -0.1) is 0 Å². The summed E-state index contributed by atoms with van der Waals surface area (Å²) in [6.45, 7) is 0. The number of methoxy groups -OCH3 is 1. The number of ether oxygens (including phenoxy) is 1. The highest BCUT2D eigenvalue weighted by Gasteiger charge is 2.21. The van der Waals surface area contributed by atoms with E-state index in [0.717, 1.165) is 5.75 Å². The van der Waals surface area contributed by atoms with Crippen LogP contribution < -0.4 is 4.74 Å². The van der Waals surface area contributed by atoms with Crippen molar-refractivity contribution in [3.63, 3.8) is 0 Å². The van der Waals surface area contributed by atoms with Crippen molar-refractivity contribution in [3.05, 3.63) is 29.3 Å². The first-order valence-corrected chi connectivity index (χ1v) is 5.55. The molecule has 0 amide bonds. The molecule has 1 aliphatic carbocycles. The van der Waals surface area contributed by atoms with Crippen LogP contribution in [0.5, 0.6) is 5.75 Å². The standard InChI is InChI=1S/C13H19NO/c1-14(2)13-6-4-5-10-9-11(15-3)7-8-12(10)13/h7-9,13H,4-6H2,1-3H3/t13-/m1/s1. The van der Waals surface area contributed by atoms with Crippen molar-refractivity contribution in [1.29, 1.82) is 0 Å². The lowest BCUT2D eigenvalue weighted by Crippen LogP contribution is -2.24. The van der Waals surface area contributed by atoms with Gasteiger partial charge in [0.25, 0.3) is 0 Å². The maximum atomic E-state index is 5.26. The second-order valence-electron chi connectivity index (χ2n) is 4.44. The summed E-state index contributed by atoms with van der Waals surface area (Å²) in [4.78, 5) is 2.31. The first-order valence-electron chi connectivity index (χ1n) is 5.55. The summed E-state index contributed by atoms with van der Waals surface area (Å²) in [5.41, 5.74) is 2.94. The molecular weight excluding hydrogens is 186 g/mol. The van der Waals surface area contributed by atoms with Crippen LogP contribution in [-0.4, -0.2) is 26.1 Å². The Kier molecular flexibility index (Phi) is 2.96. The molecule has 1 aromatic carbocycles. The third-order valence-electron chi connectivity index (χ3n) is 3.26. The molecular formula is C13H19NO. The first-order chi connectivity index (χ1) is 7.22. The van der Waals surface area contributed by atoms with Crippen molar-refractivity contribution in [3.8, 4) is 5.75 Å². The van der Waals surface area contributed by atoms with Gasteiger partial charge in [-0.25, -0.2) is 0 Å². The molecule has 0 aromatic heterocycles. The topological polar surface area (TPSA) is 12.5 Å². The van der Waals surface area contributed by atoms with Crippen molar-refractivity contribution in [1.82, 2.24) is 4.90 Å². The van der Waals surface area contributed by atoms with E-state index in [9.17, 15) is 0 Å². The lowest BCUT2D eigenvalue weighted by atomic mass is 9.87. The molecule has 0 bridgehead atoms. The van der Waals surface area contributed by atoms with Crippen LogP contribution in [0.25, 0.3) is 0 Å². The van der Waals surface area contributed by atoms with Crippen molar-refractivity contribution < 1.29 is 4.74 Å². The van der Waals surface area contributed by atoms with Gasteiger partial charge in [0, 0.05) is 6.04 Å². The Morgan fingerprint density at radius 3 is 2.80 bits per heavy atom. The minimum absolute atomic E-state index is 0.583. The highest BCUT2D eigenvalue weighted by molar-refractivity contribution is 5.39. The van der Waals surface area contributed by atoms with E-state index in [1.54, 1.807) is 7.11 Å². The van der Waals surface area contributed by atoms with E-state index in [1.807, 2.05) is 0 Å². The van der Waals surface area contributed by atoms with E-state index in [4.69, 9.17) is 4.74 Å². The fraction of sp³-hybridized carbons (Fsp3) is 0.538. The fourth-order valence-corrected chi connectivity index (χ4v) is 2.43. The Balaban J connectivity index is 2.36. The number of nitrogens with zero attached hydrogens (tertiary/aromatic N) is 1. The molecule has 2 rings (SSSR count). The predicted molar refractivity (Wildman–Crippen MR) is 62.4 cm³/mol. The van der Waals surface area contributed by atoms with E-state index in [-0.39, 0.29) is 0 Å². The summed E-state index contributed by atoms with van der Waals surface area (Å²) in [5.74, 6) is 0.980. The van der Waals surface area contributed by atoms with Crippen molar-refractivity contribution in [2.24, 2.45) is 0 Å². The highest BCUT2D eigenvalue weighted by atomic mass is 16.5. The number of hydrogen-bond donors (Lipinski definition) is 0. The van der Waals surface area contributed by atoms with Gasteiger partial charge in [-0.05, 0) is 56.6 Å². The fourth-order valence-electron chi connectivity index (χ4n) is 2.43. The Morgan fingerprint density at radius 1 is 1.33 bits per heavy atom. The lowest BCUT2D eigenvalue weighted by Gasteiger charge is -2.30. The van der Waals surface area contributed by atoms with Crippen LogP contribution in [0.4, 0.5) is 0 Å². The molecule has 0 spiro atoms. The highest BCUT2D eigenvalue weighted by Crippen LogP contribution is 2.34. The average Bonchev–Trinajstić information content (AvgIpc) is 2.27. The van der Waals surface area contributed by atoms with E-state index in [2.05, 4.69) is 37.2 Å². The molecule has 1 atom stereocenters. The van der Waals surface area contributed by atoms with Gasteiger partial charge in [-0.2, -0.15) is 0 Å². The second-order valence-corrected chi connectivity index (χ2v) is 4.44. The Hall–Kier alpha value is -1.02. The molecule has 82 valence electrons. The van der Waals surface area contributed by atoms with E-state index in [1.165, 1.54) is 30.4 Å². The number of benzene rings is 1. The molecule has 2 nitrogen and oxygen atoms in total. The van der Waals surface area contributed by atoms with Crippen LogP contribution in [0.2, 0.25) is 0 Å². The minimum atomic E-state index is 0.583. The SMILES string of the molecule is COc1ccc2c(c1)CCC[C@H]2N(C)C. The van der Waals surface area contributed by atoms with Gasteiger partial charge in [0.1, 0.15) is 5.75 Å². The molecule has 0 aliphatic heterocycles. The molecule has 1 aromatic rings.